The number of halogens is 3. The second-order valence-electron chi connectivity index (χ2n) is 7.95. The Hall–Kier alpha value is -3.55. The van der Waals surface area contributed by atoms with E-state index in [4.69, 9.17) is 29.7 Å². The molecule has 0 saturated heterocycles. The number of nitrogens with one attached hydrogen (secondary N) is 2. The molecule has 0 spiro atoms. The largest absolute Gasteiger partial charge is 0.573 e. The van der Waals surface area contributed by atoms with Gasteiger partial charge < -0.3 is 15.4 Å². The van der Waals surface area contributed by atoms with Crippen molar-refractivity contribution in [2.75, 3.05) is 5.32 Å². The van der Waals surface area contributed by atoms with Crippen LogP contribution in [0.1, 0.15) is 29.7 Å². The van der Waals surface area contributed by atoms with Gasteiger partial charge in [-0.3, -0.25) is 0 Å². The molecule has 178 valence electrons. The molecule has 3 aromatic rings. The van der Waals surface area contributed by atoms with E-state index in [9.17, 15) is 13.2 Å². The van der Waals surface area contributed by atoms with Crippen LogP contribution < -0.4 is 15.4 Å². The Bertz CT molecular complexity index is 1280. The van der Waals surface area contributed by atoms with Crippen LogP contribution in [-0.2, 0) is 6.54 Å². The van der Waals surface area contributed by atoms with Gasteiger partial charge in [-0.15, -0.1) is 13.2 Å². The van der Waals surface area contributed by atoms with Crippen molar-refractivity contribution in [1.29, 1.82) is 5.26 Å². The van der Waals surface area contributed by atoms with Crippen LogP contribution in [0.4, 0.5) is 19.0 Å². The highest BCUT2D eigenvalue weighted by molar-refractivity contribution is 7.80. The molecule has 1 heterocycles. The Morgan fingerprint density at radius 3 is 2.31 bits per heavy atom. The first-order chi connectivity index (χ1) is 16.7. The number of alkyl halides is 3. The molecule has 10 heteroatoms. The fraction of sp³-hybridized carbons (Fsp3) is 0.200. The minimum atomic E-state index is -4.76. The van der Waals surface area contributed by atoms with Crippen LogP contribution in [0.3, 0.4) is 0 Å². The van der Waals surface area contributed by atoms with E-state index in [2.05, 4.69) is 26.4 Å². The van der Waals surface area contributed by atoms with E-state index in [0.29, 0.717) is 50.6 Å². The van der Waals surface area contributed by atoms with Gasteiger partial charge in [0, 0.05) is 12.5 Å². The maximum atomic E-state index is 12.5. The molecule has 1 fully saturated rings. The number of benzene rings is 2. The highest BCUT2D eigenvalue weighted by atomic mass is 32.1. The molecular formula is C25H19F3N4OS2. The highest BCUT2D eigenvalue weighted by Crippen LogP contribution is 2.32. The molecule has 35 heavy (non-hydrogen) atoms. The van der Waals surface area contributed by atoms with Gasteiger partial charge in [0.15, 0.2) is 0 Å². The van der Waals surface area contributed by atoms with Crippen LogP contribution in [-0.4, -0.2) is 21.3 Å². The lowest BCUT2D eigenvalue weighted by Crippen LogP contribution is -2.23. The number of nitriles is 1. The molecular weight excluding hydrogens is 493 g/mol. The third-order valence-corrected chi connectivity index (χ3v) is 6.00. The minimum Gasteiger partial charge on any atom is -0.406 e. The van der Waals surface area contributed by atoms with Gasteiger partial charge in [0.1, 0.15) is 22.2 Å². The van der Waals surface area contributed by atoms with Crippen LogP contribution in [0, 0.1) is 17.2 Å². The van der Waals surface area contributed by atoms with Crippen LogP contribution in [0.15, 0.2) is 60.7 Å². The summed E-state index contributed by atoms with van der Waals surface area (Å²) >= 11 is 11.0. The highest BCUT2D eigenvalue weighted by Gasteiger charge is 2.31. The molecule has 2 N–H and O–H groups in total. The second kappa shape index (κ2) is 10.4. The fourth-order valence-electron chi connectivity index (χ4n) is 3.27. The minimum absolute atomic E-state index is 0.302. The number of thiocarbonyl (C=S) groups is 2. The van der Waals surface area contributed by atoms with E-state index in [-0.39, 0.29) is 5.75 Å². The van der Waals surface area contributed by atoms with Crippen molar-refractivity contribution < 1.29 is 17.9 Å². The van der Waals surface area contributed by atoms with Crippen molar-refractivity contribution in [3.63, 3.8) is 0 Å². The lowest BCUT2D eigenvalue weighted by molar-refractivity contribution is -0.274. The van der Waals surface area contributed by atoms with E-state index in [1.165, 1.54) is 24.3 Å². The number of nitrogens with zero attached hydrogens (tertiary/aromatic N) is 2. The summed E-state index contributed by atoms with van der Waals surface area (Å²) in [5.41, 5.74) is 3.37. The summed E-state index contributed by atoms with van der Waals surface area (Å²) in [7, 11) is 0. The number of pyridine rings is 1. The lowest BCUT2D eigenvalue weighted by atomic mass is 10.1. The molecule has 1 saturated carbocycles. The van der Waals surface area contributed by atoms with Gasteiger partial charge >= 0.3 is 6.36 Å². The Labute approximate surface area is 210 Å². The summed E-state index contributed by atoms with van der Waals surface area (Å²) in [5, 5.41) is 15.3. The predicted molar refractivity (Wildman–Crippen MR) is 135 cm³/mol. The second-order valence-corrected chi connectivity index (χ2v) is 8.80. The third-order valence-electron chi connectivity index (χ3n) is 5.21. The van der Waals surface area contributed by atoms with Gasteiger partial charge in [-0.2, -0.15) is 5.26 Å². The molecule has 0 atom stereocenters. The van der Waals surface area contributed by atoms with E-state index < -0.39 is 6.36 Å². The van der Waals surface area contributed by atoms with E-state index in [1.807, 2.05) is 12.1 Å². The zero-order chi connectivity index (χ0) is 25.0. The first-order valence-electron chi connectivity index (χ1n) is 10.7. The SMILES string of the molecule is N#Cc1ccc(CNC(=S)c2cc(-c3ccc(OC(F)(F)F)cc3)cc(NC(=S)C3CC3)n2)cc1. The average Bonchev–Trinajstić information content (AvgIpc) is 3.68. The van der Waals surface area contributed by atoms with Crippen LogP contribution in [0.5, 0.6) is 5.75 Å². The maximum Gasteiger partial charge on any atom is 0.573 e. The molecule has 0 unspecified atom stereocenters. The van der Waals surface area contributed by atoms with Crippen molar-refractivity contribution in [2.24, 2.45) is 5.92 Å². The first-order valence-corrected chi connectivity index (χ1v) is 11.5. The Morgan fingerprint density at radius 1 is 1.03 bits per heavy atom. The molecule has 5 nitrogen and oxygen atoms in total. The van der Waals surface area contributed by atoms with Gasteiger partial charge in [0.2, 0.25) is 0 Å². The van der Waals surface area contributed by atoms with E-state index >= 15 is 0 Å². The molecule has 0 bridgehead atoms. The smallest absolute Gasteiger partial charge is 0.406 e. The lowest BCUT2D eigenvalue weighted by Gasteiger charge is -2.14. The Kier molecular flexibility index (Phi) is 7.28. The fourth-order valence-corrected chi connectivity index (χ4v) is 3.79. The number of hydrogen-bond donors (Lipinski definition) is 2. The number of rotatable bonds is 7. The number of anilines is 1. The molecule has 4 rings (SSSR count). The summed E-state index contributed by atoms with van der Waals surface area (Å²) in [6.45, 7) is 0.434. The number of aromatic nitrogens is 1. The summed E-state index contributed by atoms with van der Waals surface area (Å²) < 4.78 is 41.5. The van der Waals surface area contributed by atoms with Crippen molar-refractivity contribution in [3.8, 4) is 22.9 Å². The Balaban J connectivity index is 1.56. The van der Waals surface area contributed by atoms with Gasteiger partial charge in [-0.1, -0.05) is 48.7 Å². The normalized spacial score (nSPS) is 13.0. The summed E-state index contributed by atoms with van der Waals surface area (Å²) in [6.07, 6.45) is -2.69. The Morgan fingerprint density at radius 2 is 1.71 bits per heavy atom. The molecule has 2 aromatic carbocycles. The molecule has 0 amide bonds. The van der Waals surface area contributed by atoms with E-state index in [0.717, 1.165) is 18.4 Å². The van der Waals surface area contributed by atoms with Gasteiger partial charge in [-0.05, 0) is 65.9 Å². The summed E-state index contributed by atoms with van der Waals surface area (Å²) in [4.78, 5) is 5.69. The molecule has 1 aliphatic carbocycles. The monoisotopic (exact) mass is 512 g/mol. The summed E-state index contributed by atoms with van der Waals surface area (Å²) in [6, 6.07) is 18.3. The summed E-state index contributed by atoms with van der Waals surface area (Å²) in [5.74, 6) is 0.537. The van der Waals surface area contributed by atoms with Gasteiger partial charge in [0.25, 0.3) is 0 Å². The van der Waals surface area contributed by atoms with E-state index in [1.54, 1.807) is 24.3 Å². The van der Waals surface area contributed by atoms with Gasteiger partial charge in [-0.25, -0.2) is 4.98 Å². The van der Waals surface area contributed by atoms with Crippen LogP contribution >= 0.6 is 24.4 Å². The predicted octanol–water partition coefficient (Wildman–Crippen LogP) is 6.13. The maximum absolute atomic E-state index is 12.5. The van der Waals surface area contributed by atoms with Crippen molar-refractivity contribution in [3.05, 3.63) is 77.5 Å². The first kappa shape index (κ1) is 24.6. The van der Waals surface area contributed by atoms with Crippen molar-refractivity contribution in [1.82, 2.24) is 10.3 Å². The van der Waals surface area contributed by atoms with Crippen molar-refractivity contribution in [2.45, 2.75) is 25.7 Å². The standard InChI is InChI=1S/C25H19F3N4OS2/c26-25(27,28)33-20-9-7-17(8-10-20)19-11-21(31-22(12-19)32-23(34)18-5-6-18)24(35)30-14-16-3-1-15(13-29)2-4-16/h1-4,7-12,18H,5-6,14H2,(H,30,35)(H,31,32,34). The zero-order valence-electron chi connectivity index (χ0n) is 18.2. The molecule has 0 aliphatic heterocycles. The third kappa shape index (κ3) is 6.97. The average molecular weight is 513 g/mol. The zero-order valence-corrected chi connectivity index (χ0v) is 19.9. The topological polar surface area (TPSA) is 70.0 Å². The number of hydrogen-bond acceptors (Lipinski definition) is 5. The van der Waals surface area contributed by atoms with Gasteiger partial charge in [0.05, 0.1) is 16.6 Å². The van der Waals surface area contributed by atoms with Crippen LogP contribution in [0.2, 0.25) is 0 Å². The van der Waals surface area contributed by atoms with Crippen LogP contribution in [0.25, 0.3) is 11.1 Å². The molecule has 0 radical (unpaired) electrons. The molecule has 1 aliphatic rings. The number of ether oxygens (including phenoxy) is 1. The molecule has 1 aromatic heterocycles. The quantitative estimate of drug-likeness (QED) is 0.369. The van der Waals surface area contributed by atoms with Crippen molar-refractivity contribution >= 4 is 40.2 Å².